The summed E-state index contributed by atoms with van der Waals surface area (Å²) in [5.41, 5.74) is 1.13. The van der Waals surface area contributed by atoms with Crippen LogP contribution in [0.5, 0.6) is 5.75 Å². The van der Waals surface area contributed by atoms with E-state index in [1.807, 2.05) is 39.0 Å². The first-order valence-electron chi connectivity index (χ1n) is 8.19. The minimum atomic E-state index is -0.664. The topological polar surface area (TPSA) is 64.6 Å². The zero-order chi connectivity index (χ0) is 19.2. The van der Waals surface area contributed by atoms with Crippen LogP contribution in [-0.4, -0.2) is 25.1 Å². The van der Waals surface area contributed by atoms with Gasteiger partial charge in [0, 0.05) is 5.69 Å². The van der Waals surface area contributed by atoms with Gasteiger partial charge in [-0.1, -0.05) is 45.0 Å². The number of para-hydroxylation sites is 1. The van der Waals surface area contributed by atoms with Gasteiger partial charge in [-0.2, -0.15) is 0 Å². The second-order valence-electron chi connectivity index (χ2n) is 6.75. The highest BCUT2D eigenvalue weighted by molar-refractivity contribution is 5.92. The molecule has 1 amide bonds. The standard InChI is InChI=1S/C20H22FNO4/c1-20(2,3)16-9-4-5-10-17(16)25-13-19(24)26-12-18(23)22-15-8-6-7-14(21)11-15/h4-11H,12-13H2,1-3H3,(H,22,23). The van der Waals surface area contributed by atoms with Crippen molar-refractivity contribution in [3.05, 3.63) is 59.9 Å². The van der Waals surface area contributed by atoms with Crippen LogP contribution in [0.15, 0.2) is 48.5 Å². The van der Waals surface area contributed by atoms with Crippen molar-refractivity contribution in [2.45, 2.75) is 26.2 Å². The average molecular weight is 359 g/mol. The molecule has 2 aromatic carbocycles. The van der Waals surface area contributed by atoms with E-state index in [1.165, 1.54) is 24.3 Å². The normalized spacial score (nSPS) is 10.9. The molecule has 0 unspecified atom stereocenters. The third kappa shape index (κ3) is 5.88. The maximum Gasteiger partial charge on any atom is 0.344 e. The maximum atomic E-state index is 13.1. The summed E-state index contributed by atoms with van der Waals surface area (Å²) in [6.45, 7) is 5.36. The smallest absolute Gasteiger partial charge is 0.344 e. The fraction of sp³-hybridized carbons (Fsp3) is 0.300. The molecule has 0 radical (unpaired) electrons. The Morgan fingerprint density at radius 3 is 2.46 bits per heavy atom. The highest BCUT2D eigenvalue weighted by Crippen LogP contribution is 2.30. The van der Waals surface area contributed by atoms with Crippen LogP contribution in [0.1, 0.15) is 26.3 Å². The van der Waals surface area contributed by atoms with E-state index in [0.717, 1.165) is 5.56 Å². The predicted octanol–water partition coefficient (Wildman–Crippen LogP) is 3.68. The van der Waals surface area contributed by atoms with E-state index >= 15 is 0 Å². The van der Waals surface area contributed by atoms with Crippen LogP contribution in [0.2, 0.25) is 0 Å². The van der Waals surface area contributed by atoms with E-state index in [-0.39, 0.29) is 12.0 Å². The van der Waals surface area contributed by atoms with Gasteiger partial charge in [0.2, 0.25) is 0 Å². The van der Waals surface area contributed by atoms with Gasteiger partial charge in [-0.15, -0.1) is 0 Å². The Labute approximate surface area is 152 Å². The van der Waals surface area contributed by atoms with Gasteiger partial charge in [0.1, 0.15) is 11.6 Å². The highest BCUT2D eigenvalue weighted by atomic mass is 19.1. The molecule has 2 rings (SSSR count). The van der Waals surface area contributed by atoms with Gasteiger partial charge in [-0.3, -0.25) is 4.79 Å². The number of ether oxygens (including phenoxy) is 2. The molecule has 0 aliphatic heterocycles. The van der Waals surface area contributed by atoms with Gasteiger partial charge in [0.25, 0.3) is 5.91 Å². The minimum absolute atomic E-state index is 0.134. The molecule has 5 nitrogen and oxygen atoms in total. The number of rotatable bonds is 6. The molecule has 0 aliphatic carbocycles. The molecule has 138 valence electrons. The number of esters is 1. The molecule has 0 fully saturated rings. The summed E-state index contributed by atoms with van der Waals surface area (Å²) in [5.74, 6) is -1.09. The molecule has 26 heavy (non-hydrogen) atoms. The van der Waals surface area contributed by atoms with Gasteiger partial charge in [0.15, 0.2) is 13.2 Å². The zero-order valence-corrected chi connectivity index (χ0v) is 15.0. The fourth-order valence-electron chi connectivity index (χ4n) is 2.30. The van der Waals surface area contributed by atoms with Crippen LogP contribution < -0.4 is 10.1 Å². The number of carbonyl (C=O) groups is 2. The fourth-order valence-corrected chi connectivity index (χ4v) is 2.30. The first-order chi connectivity index (χ1) is 12.3. The molecule has 0 bridgehead atoms. The average Bonchev–Trinajstić information content (AvgIpc) is 2.57. The van der Waals surface area contributed by atoms with Crippen molar-refractivity contribution >= 4 is 17.6 Å². The third-order valence-corrected chi connectivity index (χ3v) is 3.51. The summed E-state index contributed by atoms with van der Waals surface area (Å²) >= 11 is 0. The summed E-state index contributed by atoms with van der Waals surface area (Å²) in [6.07, 6.45) is 0. The van der Waals surface area contributed by atoms with E-state index in [1.54, 1.807) is 6.07 Å². The lowest BCUT2D eigenvalue weighted by molar-refractivity contribution is -0.149. The molecule has 0 saturated carbocycles. The van der Waals surface area contributed by atoms with Crippen molar-refractivity contribution in [2.75, 3.05) is 18.5 Å². The van der Waals surface area contributed by atoms with E-state index in [0.29, 0.717) is 11.4 Å². The van der Waals surface area contributed by atoms with Crippen LogP contribution in [0, 0.1) is 5.82 Å². The second-order valence-corrected chi connectivity index (χ2v) is 6.75. The van der Waals surface area contributed by atoms with Gasteiger partial charge in [0.05, 0.1) is 0 Å². The number of carbonyl (C=O) groups excluding carboxylic acids is 2. The SMILES string of the molecule is CC(C)(C)c1ccccc1OCC(=O)OCC(=O)Nc1cccc(F)c1. The lowest BCUT2D eigenvalue weighted by Gasteiger charge is -2.22. The first-order valence-corrected chi connectivity index (χ1v) is 8.19. The Bertz CT molecular complexity index is 783. The molecular formula is C20H22FNO4. The van der Waals surface area contributed by atoms with Crippen LogP contribution in [0.4, 0.5) is 10.1 Å². The molecular weight excluding hydrogens is 337 g/mol. The number of nitrogens with one attached hydrogen (secondary N) is 1. The lowest BCUT2D eigenvalue weighted by Crippen LogP contribution is -2.24. The Hall–Kier alpha value is -2.89. The third-order valence-electron chi connectivity index (χ3n) is 3.51. The van der Waals surface area contributed by atoms with Crippen LogP contribution in [0.25, 0.3) is 0 Å². The van der Waals surface area contributed by atoms with Crippen molar-refractivity contribution in [1.82, 2.24) is 0 Å². The molecule has 0 heterocycles. The molecule has 0 atom stereocenters. The van der Waals surface area contributed by atoms with Crippen LogP contribution >= 0.6 is 0 Å². The van der Waals surface area contributed by atoms with Crippen LogP contribution in [-0.2, 0) is 19.7 Å². The van der Waals surface area contributed by atoms with Crippen molar-refractivity contribution < 1.29 is 23.5 Å². The van der Waals surface area contributed by atoms with Crippen molar-refractivity contribution in [2.24, 2.45) is 0 Å². The summed E-state index contributed by atoms with van der Waals surface area (Å²) in [5, 5.41) is 2.44. The highest BCUT2D eigenvalue weighted by Gasteiger charge is 2.19. The summed E-state index contributed by atoms with van der Waals surface area (Å²) < 4.78 is 23.5. The quantitative estimate of drug-likeness (QED) is 0.799. The second kappa shape index (κ2) is 8.47. The largest absolute Gasteiger partial charge is 0.482 e. The lowest BCUT2D eigenvalue weighted by atomic mass is 9.86. The number of anilines is 1. The summed E-state index contributed by atoms with van der Waals surface area (Å²) in [6, 6.07) is 12.9. The van der Waals surface area contributed by atoms with Crippen molar-refractivity contribution in [3.8, 4) is 5.75 Å². The Balaban J connectivity index is 1.82. The predicted molar refractivity (Wildman–Crippen MR) is 96.6 cm³/mol. The molecule has 0 aromatic heterocycles. The van der Waals surface area contributed by atoms with Crippen molar-refractivity contribution in [3.63, 3.8) is 0 Å². The number of hydrogen-bond donors (Lipinski definition) is 1. The van der Waals surface area contributed by atoms with Gasteiger partial charge in [-0.05, 0) is 35.2 Å². The zero-order valence-electron chi connectivity index (χ0n) is 15.0. The summed E-state index contributed by atoms with van der Waals surface area (Å²) in [7, 11) is 0. The van der Waals surface area contributed by atoms with Gasteiger partial charge in [-0.25, -0.2) is 9.18 Å². The minimum Gasteiger partial charge on any atom is -0.482 e. The molecule has 0 saturated heterocycles. The molecule has 1 N–H and O–H groups in total. The van der Waals surface area contributed by atoms with Crippen molar-refractivity contribution in [1.29, 1.82) is 0 Å². The Morgan fingerprint density at radius 1 is 1.04 bits per heavy atom. The Morgan fingerprint density at radius 2 is 1.77 bits per heavy atom. The maximum absolute atomic E-state index is 13.1. The van der Waals surface area contributed by atoms with E-state index in [4.69, 9.17) is 9.47 Å². The summed E-state index contributed by atoms with van der Waals surface area (Å²) in [4.78, 5) is 23.5. The van der Waals surface area contributed by atoms with Crippen LogP contribution in [0.3, 0.4) is 0 Å². The Kier molecular flexibility index (Phi) is 6.33. The number of hydrogen-bond acceptors (Lipinski definition) is 4. The van der Waals surface area contributed by atoms with E-state index in [2.05, 4.69) is 5.32 Å². The molecule has 6 heteroatoms. The molecule has 2 aromatic rings. The van der Waals surface area contributed by atoms with Gasteiger partial charge >= 0.3 is 5.97 Å². The number of benzene rings is 2. The number of halogens is 1. The monoisotopic (exact) mass is 359 g/mol. The van der Waals surface area contributed by atoms with E-state index < -0.39 is 24.3 Å². The molecule has 0 spiro atoms. The first kappa shape index (κ1) is 19.4. The number of amides is 1. The molecule has 0 aliphatic rings. The van der Waals surface area contributed by atoms with E-state index in [9.17, 15) is 14.0 Å². The van der Waals surface area contributed by atoms with Gasteiger partial charge < -0.3 is 14.8 Å².